The average Bonchev–Trinajstić information content (AvgIpc) is 2.44. The number of aromatic nitrogens is 2. The molecule has 0 spiro atoms. The summed E-state index contributed by atoms with van der Waals surface area (Å²) in [6.45, 7) is 3.85. The van der Waals surface area contributed by atoms with Crippen LogP contribution in [0.1, 0.15) is 24.6 Å². The molecular formula is C15H17BrFN3. The van der Waals surface area contributed by atoms with Crippen molar-refractivity contribution in [3.8, 4) is 11.4 Å². The molecule has 0 aliphatic heterocycles. The smallest absolute Gasteiger partial charge is 0.161 e. The van der Waals surface area contributed by atoms with E-state index in [0.717, 1.165) is 34.4 Å². The first-order valence-electron chi connectivity index (χ1n) is 6.57. The average molecular weight is 338 g/mol. The van der Waals surface area contributed by atoms with Gasteiger partial charge in [0.25, 0.3) is 0 Å². The Balaban J connectivity index is 2.55. The van der Waals surface area contributed by atoms with Gasteiger partial charge in [0.05, 0.1) is 10.2 Å². The van der Waals surface area contributed by atoms with E-state index in [1.807, 2.05) is 7.05 Å². The third-order valence-corrected chi connectivity index (χ3v) is 3.89. The predicted octanol–water partition coefficient (Wildman–Crippen LogP) is 4.35. The second-order valence-electron chi connectivity index (χ2n) is 4.62. The van der Waals surface area contributed by atoms with E-state index in [1.165, 1.54) is 6.07 Å². The van der Waals surface area contributed by atoms with Gasteiger partial charge in [-0.2, -0.15) is 0 Å². The van der Waals surface area contributed by atoms with E-state index < -0.39 is 0 Å². The quantitative estimate of drug-likeness (QED) is 0.901. The first-order chi connectivity index (χ1) is 9.56. The van der Waals surface area contributed by atoms with Crippen LogP contribution in [0.2, 0.25) is 0 Å². The molecule has 0 saturated carbocycles. The van der Waals surface area contributed by atoms with Crippen LogP contribution in [0.4, 0.5) is 10.2 Å². The number of anilines is 1. The maximum atomic E-state index is 13.4. The predicted molar refractivity (Wildman–Crippen MR) is 83.4 cm³/mol. The van der Waals surface area contributed by atoms with Crippen molar-refractivity contribution in [1.29, 1.82) is 0 Å². The second-order valence-corrected chi connectivity index (χ2v) is 5.41. The molecule has 2 rings (SSSR count). The van der Waals surface area contributed by atoms with E-state index in [9.17, 15) is 4.39 Å². The summed E-state index contributed by atoms with van der Waals surface area (Å²) in [7, 11) is 1.82. The maximum Gasteiger partial charge on any atom is 0.161 e. The van der Waals surface area contributed by atoms with Crippen molar-refractivity contribution in [2.24, 2.45) is 0 Å². The Labute approximate surface area is 126 Å². The number of hydrogen-bond acceptors (Lipinski definition) is 3. The highest BCUT2D eigenvalue weighted by molar-refractivity contribution is 9.10. The van der Waals surface area contributed by atoms with Crippen molar-refractivity contribution >= 4 is 21.7 Å². The molecule has 0 aliphatic rings. The molecule has 0 atom stereocenters. The van der Waals surface area contributed by atoms with E-state index in [2.05, 4.69) is 38.1 Å². The molecule has 106 valence electrons. The van der Waals surface area contributed by atoms with Gasteiger partial charge in [0.15, 0.2) is 5.82 Å². The number of halogens is 2. The van der Waals surface area contributed by atoms with Crippen molar-refractivity contribution in [2.45, 2.75) is 26.7 Å². The van der Waals surface area contributed by atoms with E-state index >= 15 is 0 Å². The SMILES string of the molecule is CCCc1nc(-c2ccc(F)c(C)c2)nc(NC)c1Br. The van der Waals surface area contributed by atoms with Gasteiger partial charge in [-0.15, -0.1) is 0 Å². The zero-order valence-corrected chi connectivity index (χ0v) is 13.4. The van der Waals surface area contributed by atoms with Crippen molar-refractivity contribution in [3.63, 3.8) is 0 Å². The van der Waals surface area contributed by atoms with Crippen LogP contribution in [0.25, 0.3) is 11.4 Å². The topological polar surface area (TPSA) is 37.8 Å². The Morgan fingerprint density at radius 3 is 2.65 bits per heavy atom. The van der Waals surface area contributed by atoms with Crippen molar-refractivity contribution in [1.82, 2.24) is 9.97 Å². The van der Waals surface area contributed by atoms with Gasteiger partial charge in [-0.3, -0.25) is 0 Å². The monoisotopic (exact) mass is 337 g/mol. The first kappa shape index (κ1) is 14.9. The van der Waals surface area contributed by atoms with E-state index in [0.29, 0.717) is 11.4 Å². The van der Waals surface area contributed by atoms with Gasteiger partial charge < -0.3 is 5.32 Å². The Kier molecular flexibility index (Phi) is 4.70. The molecule has 3 nitrogen and oxygen atoms in total. The minimum absolute atomic E-state index is 0.214. The summed E-state index contributed by atoms with van der Waals surface area (Å²) < 4.78 is 14.3. The molecule has 5 heteroatoms. The van der Waals surface area contributed by atoms with Crippen LogP contribution in [-0.2, 0) is 6.42 Å². The molecule has 0 fully saturated rings. The van der Waals surface area contributed by atoms with Gasteiger partial charge in [0.2, 0.25) is 0 Å². The molecule has 0 aliphatic carbocycles. The lowest BCUT2D eigenvalue weighted by atomic mass is 10.1. The molecule has 1 heterocycles. The van der Waals surface area contributed by atoms with Crippen LogP contribution in [0, 0.1) is 12.7 Å². The highest BCUT2D eigenvalue weighted by atomic mass is 79.9. The molecule has 0 amide bonds. The highest BCUT2D eigenvalue weighted by Gasteiger charge is 2.12. The summed E-state index contributed by atoms with van der Waals surface area (Å²) in [4.78, 5) is 9.07. The van der Waals surface area contributed by atoms with Crippen molar-refractivity contribution in [3.05, 3.63) is 39.7 Å². The number of hydrogen-bond donors (Lipinski definition) is 1. The standard InChI is InChI=1S/C15H17BrFN3/c1-4-5-12-13(16)15(18-3)20-14(19-12)10-6-7-11(17)9(2)8-10/h6-8H,4-5H2,1-3H3,(H,18,19,20). The fraction of sp³-hybridized carbons (Fsp3) is 0.333. The lowest BCUT2D eigenvalue weighted by Gasteiger charge is -2.11. The van der Waals surface area contributed by atoms with Crippen LogP contribution in [-0.4, -0.2) is 17.0 Å². The molecule has 0 radical (unpaired) electrons. The summed E-state index contributed by atoms with van der Waals surface area (Å²) in [5.74, 6) is 1.15. The number of rotatable bonds is 4. The Morgan fingerprint density at radius 2 is 2.05 bits per heavy atom. The summed E-state index contributed by atoms with van der Waals surface area (Å²) in [6.07, 6.45) is 1.87. The van der Waals surface area contributed by atoms with E-state index in [1.54, 1.807) is 19.1 Å². The lowest BCUT2D eigenvalue weighted by Crippen LogP contribution is -2.03. The van der Waals surface area contributed by atoms with Crippen molar-refractivity contribution in [2.75, 3.05) is 12.4 Å². The van der Waals surface area contributed by atoms with Crippen molar-refractivity contribution < 1.29 is 4.39 Å². The number of benzene rings is 1. The highest BCUT2D eigenvalue weighted by Crippen LogP contribution is 2.28. The number of nitrogens with one attached hydrogen (secondary N) is 1. The molecule has 20 heavy (non-hydrogen) atoms. The third kappa shape index (κ3) is 2.98. The van der Waals surface area contributed by atoms with Crippen LogP contribution < -0.4 is 5.32 Å². The fourth-order valence-corrected chi connectivity index (χ4v) is 2.55. The molecule has 0 bridgehead atoms. The van der Waals surface area contributed by atoms with Crippen LogP contribution in [0.3, 0.4) is 0 Å². The molecule has 1 aromatic carbocycles. The lowest BCUT2D eigenvalue weighted by molar-refractivity contribution is 0.618. The van der Waals surface area contributed by atoms with Gasteiger partial charge in [0, 0.05) is 12.6 Å². The largest absolute Gasteiger partial charge is 0.372 e. The van der Waals surface area contributed by atoms with Gasteiger partial charge in [-0.1, -0.05) is 13.3 Å². The number of aryl methyl sites for hydroxylation is 2. The van der Waals surface area contributed by atoms with Gasteiger partial charge in [0.1, 0.15) is 11.6 Å². The minimum Gasteiger partial charge on any atom is -0.372 e. The van der Waals surface area contributed by atoms with Gasteiger partial charge >= 0.3 is 0 Å². The molecule has 0 unspecified atom stereocenters. The Hall–Kier alpha value is -1.49. The van der Waals surface area contributed by atoms with E-state index in [-0.39, 0.29) is 5.82 Å². The van der Waals surface area contributed by atoms with Crippen LogP contribution in [0.15, 0.2) is 22.7 Å². The van der Waals surface area contributed by atoms with E-state index in [4.69, 9.17) is 0 Å². The Morgan fingerprint density at radius 1 is 1.30 bits per heavy atom. The zero-order valence-electron chi connectivity index (χ0n) is 11.8. The summed E-state index contributed by atoms with van der Waals surface area (Å²) in [5.41, 5.74) is 2.38. The molecule has 1 N–H and O–H groups in total. The first-order valence-corrected chi connectivity index (χ1v) is 7.36. The van der Waals surface area contributed by atoms with Gasteiger partial charge in [-0.25, -0.2) is 14.4 Å². The number of nitrogens with zero attached hydrogens (tertiary/aromatic N) is 2. The normalized spacial score (nSPS) is 10.7. The minimum atomic E-state index is -0.214. The summed E-state index contributed by atoms with van der Waals surface area (Å²) in [5, 5.41) is 3.06. The second kappa shape index (κ2) is 6.31. The van der Waals surface area contributed by atoms with Crippen LogP contribution >= 0.6 is 15.9 Å². The molecular weight excluding hydrogens is 321 g/mol. The van der Waals surface area contributed by atoms with Gasteiger partial charge in [-0.05, 0) is 53.0 Å². The molecule has 0 saturated heterocycles. The molecule has 1 aromatic heterocycles. The zero-order chi connectivity index (χ0) is 14.7. The third-order valence-electron chi connectivity index (χ3n) is 3.06. The van der Waals surface area contributed by atoms with Crippen LogP contribution in [0.5, 0.6) is 0 Å². The maximum absolute atomic E-state index is 13.4. The summed E-state index contributed by atoms with van der Waals surface area (Å²) in [6, 6.07) is 4.93. The Bertz CT molecular complexity index is 629. The summed E-state index contributed by atoms with van der Waals surface area (Å²) >= 11 is 3.53. The fourth-order valence-electron chi connectivity index (χ4n) is 1.97. The molecule has 2 aromatic rings.